The predicted molar refractivity (Wildman–Crippen MR) is 99.6 cm³/mol. The second kappa shape index (κ2) is 7.10. The molecule has 0 aromatic heterocycles. The van der Waals surface area contributed by atoms with Crippen LogP contribution >= 0.6 is 0 Å². The molecule has 0 bridgehead atoms. The summed E-state index contributed by atoms with van der Waals surface area (Å²) < 4.78 is 5.34. The van der Waals surface area contributed by atoms with Crippen molar-refractivity contribution in [3.05, 3.63) is 65.2 Å². The van der Waals surface area contributed by atoms with Crippen LogP contribution in [0.1, 0.15) is 37.3 Å². The largest absolute Gasteiger partial charge is 0.495 e. The lowest BCUT2D eigenvalue weighted by Crippen LogP contribution is -2.22. The molecule has 2 aromatic carbocycles. The predicted octanol–water partition coefficient (Wildman–Crippen LogP) is 4.45. The highest BCUT2D eigenvalue weighted by Crippen LogP contribution is 2.43. The van der Waals surface area contributed by atoms with Crippen molar-refractivity contribution in [1.29, 1.82) is 0 Å². The molecule has 2 aromatic rings. The maximum Gasteiger partial charge on any atom is 0.141 e. The molecule has 1 aliphatic carbocycles. The van der Waals surface area contributed by atoms with Gasteiger partial charge in [-0.2, -0.15) is 0 Å². The fraction of sp³-hybridized carbons (Fsp3) is 0.333. The summed E-state index contributed by atoms with van der Waals surface area (Å²) in [5.41, 5.74) is 6.29. The van der Waals surface area contributed by atoms with E-state index in [1.54, 1.807) is 7.11 Å². The first kappa shape index (κ1) is 16.6. The van der Waals surface area contributed by atoms with Gasteiger partial charge in [-0.25, -0.2) is 0 Å². The van der Waals surface area contributed by atoms with E-state index in [9.17, 15) is 5.11 Å². The number of fused-ring (bicyclic) bond motifs is 1. The van der Waals surface area contributed by atoms with Gasteiger partial charge in [-0.15, -0.1) is 0 Å². The molecule has 0 heterocycles. The zero-order valence-corrected chi connectivity index (χ0v) is 14.5. The van der Waals surface area contributed by atoms with Crippen LogP contribution in [0.3, 0.4) is 0 Å². The van der Waals surface area contributed by atoms with Gasteiger partial charge in [0, 0.05) is 12.5 Å². The minimum atomic E-state index is -0.422. The van der Waals surface area contributed by atoms with E-state index in [1.165, 1.54) is 22.3 Å². The first-order chi connectivity index (χ1) is 11.6. The third-order valence-corrected chi connectivity index (χ3v) is 5.00. The summed E-state index contributed by atoms with van der Waals surface area (Å²) in [6, 6.07) is 16.3. The number of aliphatic hydroxyl groups is 1. The molecule has 2 atom stereocenters. The lowest BCUT2D eigenvalue weighted by atomic mass is 9.91. The normalized spacial score (nSPS) is 17.6. The van der Waals surface area contributed by atoms with Gasteiger partial charge >= 0.3 is 0 Å². The maximum absolute atomic E-state index is 10.5. The first-order valence-electron chi connectivity index (χ1n) is 8.43. The third-order valence-electron chi connectivity index (χ3n) is 5.00. The number of anilines is 1. The number of rotatable bonds is 6. The van der Waals surface area contributed by atoms with Gasteiger partial charge in [0.1, 0.15) is 5.75 Å². The molecule has 0 aliphatic heterocycles. The molecule has 0 spiro atoms. The Morgan fingerprint density at radius 3 is 2.58 bits per heavy atom. The Hall–Kier alpha value is -2.26. The third kappa shape index (κ3) is 3.17. The summed E-state index contributed by atoms with van der Waals surface area (Å²) in [5, 5.41) is 13.8. The molecule has 3 nitrogen and oxygen atoms in total. The number of nitrogens with one attached hydrogen (secondary N) is 1. The highest BCUT2D eigenvalue weighted by atomic mass is 16.5. The molecule has 0 fully saturated rings. The van der Waals surface area contributed by atoms with Gasteiger partial charge in [-0.3, -0.25) is 0 Å². The molecule has 24 heavy (non-hydrogen) atoms. The molecular formula is C21H25NO2. The number of methoxy groups -OCH3 is 1. The van der Waals surface area contributed by atoms with Crippen molar-refractivity contribution >= 4 is 11.3 Å². The van der Waals surface area contributed by atoms with E-state index in [-0.39, 0.29) is 0 Å². The Morgan fingerprint density at radius 1 is 1.08 bits per heavy atom. The van der Waals surface area contributed by atoms with Crippen LogP contribution in [-0.2, 0) is 0 Å². The fourth-order valence-electron chi connectivity index (χ4n) is 3.53. The second-order valence-electron chi connectivity index (χ2n) is 6.42. The molecule has 1 aliphatic rings. The van der Waals surface area contributed by atoms with Gasteiger partial charge in [0.25, 0.3) is 0 Å². The average molecular weight is 323 g/mol. The van der Waals surface area contributed by atoms with E-state index in [0.29, 0.717) is 12.5 Å². The molecular weight excluding hydrogens is 298 g/mol. The Labute approximate surface area is 144 Å². The van der Waals surface area contributed by atoms with E-state index < -0.39 is 6.10 Å². The minimum absolute atomic E-state index is 0.302. The molecule has 0 amide bonds. The van der Waals surface area contributed by atoms with Gasteiger partial charge in [0.2, 0.25) is 0 Å². The number of hydrogen-bond donors (Lipinski definition) is 2. The molecule has 3 heteroatoms. The molecule has 3 rings (SSSR count). The standard InChI is InChI=1S/C21H25NO2/c1-14-15(2)19(18-9-5-4-8-17(14)18)12-16(23)13-22-20-10-6-7-11-21(20)24-3/h4-11,16,19,22-23H,12-13H2,1-3H3/t16-,19-/m1/s1. The number of ether oxygens (including phenoxy) is 1. The first-order valence-corrected chi connectivity index (χ1v) is 8.43. The van der Waals surface area contributed by atoms with Crippen LogP contribution in [0.15, 0.2) is 54.1 Å². The number of aliphatic hydroxyl groups excluding tert-OH is 1. The minimum Gasteiger partial charge on any atom is -0.495 e. The average Bonchev–Trinajstić information content (AvgIpc) is 2.85. The number of para-hydroxylation sites is 2. The molecule has 0 saturated carbocycles. The smallest absolute Gasteiger partial charge is 0.141 e. The molecule has 0 unspecified atom stereocenters. The lowest BCUT2D eigenvalue weighted by Gasteiger charge is -2.20. The molecule has 0 radical (unpaired) electrons. The van der Waals surface area contributed by atoms with E-state index in [1.807, 2.05) is 24.3 Å². The Balaban J connectivity index is 1.66. The van der Waals surface area contributed by atoms with Gasteiger partial charge in [-0.1, -0.05) is 42.0 Å². The van der Waals surface area contributed by atoms with Crippen molar-refractivity contribution in [2.24, 2.45) is 0 Å². The summed E-state index contributed by atoms with van der Waals surface area (Å²) in [6.07, 6.45) is 0.302. The monoisotopic (exact) mass is 323 g/mol. The Kier molecular flexibility index (Phi) is 4.91. The quantitative estimate of drug-likeness (QED) is 0.825. The van der Waals surface area contributed by atoms with Gasteiger partial charge in [-0.05, 0) is 49.1 Å². The molecule has 0 saturated heterocycles. The number of allylic oxidation sites excluding steroid dienone is 2. The number of hydrogen-bond acceptors (Lipinski definition) is 3. The van der Waals surface area contributed by atoms with Crippen LogP contribution in [-0.4, -0.2) is 24.9 Å². The van der Waals surface area contributed by atoms with Crippen molar-refractivity contribution in [2.75, 3.05) is 19.0 Å². The maximum atomic E-state index is 10.5. The van der Waals surface area contributed by atoms with Crippen LogP contribution in [0.2, 0.25) is 0 Å². The van der Waals surface area contributed by atoms with Crippen LogP contribution in [0.5, 0.6) is 5.75 Å². The molecule has 126 valence electrons. The highest BCUT2D eigenvalue weighted by molar-refractivity contribution is 5.76. The highest BCUT2D eigenvalue weighted by Gasteiger charge is 2.27. The van der Waals surface area contributed by atoms with Gasteiger partial charge < -0.3 is 15.2 Å². The zero-order valence-electron chi connectivity index (χ0n) is 14.5. The van der Waals surface area contributed by atoms with Crippen LogP contribution in [0, 0.1) is 0 Å². The molecule has 2 N–H and O–H groups in total. The number of benzene rings is 2. The Bertz CT molecular complexity index is 751. The van der Waals surface area contributed by atoms with Crippen molar-refractivity contribution in [3.8, 4) is 5.75 Å². The van der Waals surface area contributed by atoms with Crippen molar-refractivity contribution in [1.82, 2.24) is 0 Å². The summed E-state index contributed by atoms with van der Waals surface area (Å²) >= 11 is 0. The summed E-state index contributed by atoms with van der Waals surface area (Å²) in [7, 11) is 1.66. The van der Waals surface area contributed by atoms with Gasteiger partial charge in [0.15, 0.2) is 0 Å². The van der Waals surface area contributed by atoms with Crippen molar-refractivity contribution in [2.45, 2.75) is 32.3 Å². The topological polar surface area (TPSA) is 41.5 Å². The van der Waals surface area contributed by atoms with Crippen molar-refractivity contribution in [3.63, 3.8) is 0 Å². The van der Waals surface area contributed by atoms with E-state index in [0.717, 1.165) is 17.9 Å². The van der Waals surface area contributed by atoms with E-state index in [4.69, 9.17) is 4.74 Å². The van der Waals surface area contributed by atoms with E-state index in [2.05, 4.69) is 43.4 Å². The summed E-state index contributed by atoms with van der Waals surface area (Å²) in [4.78, 5) is 0. The Morgan fingerprint density at radius 2 is 1.79 bits per heavy atom. The van der Waals surface area contributed by atoms with Crippen LogP contribution < -0.4 is 10.1 Å². The van der Waals surface area contributed by atoms with Crippen LogP contribution in [0.4, 0.5) is 5.69 Å². The zero-order chi connectivity index (χ0) is 17.1. The second-order valence-corrected chi connectivity index (χ2v) is 6.42. The van der Waals surface area contributed by atoms with Gasteiger partial charge in [0.05, 0.1) is 18.9 Å². The summed E-state index contributed by atoms with van der Waals surface area (Å²) in [6.45, 7) is 4.86. The lowest BCUT2D eigenvalue weighted by molar-refractivity contribution is 0.172. The SMILES string of the molecule is COc1ccccc1NC[C@H](O)C[C@@H]1C(C)=C(C)c2ccccc21. The fourth-order valence-corrected chi connectivity index (χ4v) is 3.53. The van der Waals surface area contributed by atoms with Crippen LogP contribution in [0.25, 0.3) is 5.57 Å². The summed E-state index contributed by atoms with van der Waals surface area (Å²) in [5.74, 6) is 1.10. The van der Waals surface area contributed by atoms with E-state index >= 15 is 0 Å². The van der Waals surface area contributed by atoms with Crippen molar-refractivity contribution < 1.29 is 9.84 Å².